The van der Waals surface area contributed by atoms with Crippen molar-refractivity contribution in [3.63, 3.8) is 0 Å². The molecule has 4 aromatic rings. The molecule has 0 spiro atoms. The zero-order valence-corrected chi connectivity index (χ0v) is 23.9. The van der Waals surface area contributed by atoms with Crippen molar-refractivity contribution in [1.82, 2.24) is 4.90 Å². The van der Waals surface area contributed by atoms with Crippen LogP contribution in [0.1, 0.15) is 48.5 Å². The molecule has 1 aliphatic heterocycles. The summed E-state index contributed by atoms with van der Waals surface area (Å²) in [7, 11) is 1.61. The van der Waals surface area contributed by atoms with Crippen molar-refractivity contribution in [2.45, 2.75) is 38.5 Å². The Labute approximate surface area is 246 Å². The molecule has 1 saturated heterocycles. The highest BCUT2D eigenvalue weighted by Gasteiger charge is 2.41. The minimum absolute atomic E-state index is 0.0611. The Hall–Kier alpha value is -4.78. The summed E-state index contributed by atoms with van der Waals surface area (Å²) in [5.74, 6) is 1.86. The van der Waals surface area contributed by atoms with Gasteiger partial charge in [-0.3, -0.25) is 4.90 Å². The molecule has 1 amide bonds. The lowest BCUT2D eigenvalue weighted by Gasteiger charge is -2.32. The smallest absolute Gasteiger partial charge is 0.411 e. The summed E-state index contributed by atoms with van der Waals surface area (Å²) in [4.78, 5) is 27.1. The summed E-state index contributed by atoms with van der Waals surface area (Å²) < 4.78 is 24.0. The molecule has 2 atom stereocenters. The van der Waals surface area contributed by atoms with Gasteiger partial charge in [-0.2, -0.15) is 0 Å². The van der Waals surface area contributed by atoms with Crippen LogP contribution in [-0.4, -0.2) is 37.6 Å². The van der Waals surface area contributed by atoms with Gasteiger partial charge in [0.05, 0.1) is 31.4 Å². The van der Waals surface area contributed by atoms with Crippen molar-refractivity contribution in [3.8, 4) is 28.4 Å². The van der Waals surface area contributed by atoms with Gasteiger partial charge in [0, 0.05) is 12.0 Å². The first-order valence-corrected chi connectivity index (χ1v) is 14.2. The first-order valence-electron chi connectivity index (χ1n) is 14.2. The molecule has 1 aliphatic rings. The normalized spacial score (nSPS) is 15.1. The van der Waals surface area contributed by atoms with Crippen LogP contribution in [-0.2, 0) is 16.1 Å². The second-order valence-corrected chi connectivity index (χ2v) is 10.0. The summed E-state index contributed by atoms with van der Waals surface area (Å²) in [6.07, 6.45) is 1.31. The average molecular weight is 566 g/mol. The van der Waals surface area contributed by atoms with Gasteiger partial charge >= 0.3 is 6.09 Å². The standard InChI is InChI=1S/C35H35NO6/c1-3-21-40-28-16-10-15-27(22-28)33-32(39-2)18-17-29(34(33)41-23-25-11-6-4-7-12-25)30(19-20-37)36-31(24-42-35(36)38)26-13-8-5-9-14-26/h4-18,20,22,30-31H,3,19,21,23-24H2,1-2H3/t30?,31-/m1/s1. The summed E-state index contributed by atoms with van der Waals surface area (Å²) >= 11 is 0. The van der Waals surface area contributed by atoms with Gasteiger partial charge in [0.2, 0.25) is 0 Å². The Kier molecular flexibility index (Phi) is 9.39. The van der Waals surface area contributed by atoms with Crippen molar-refractivity contribution in [3.05, 3.63) is 114 Å². The molecule has 1 heterocycles. The molecule has 5 rings (SSSR count). The number of hydrogen-bond donors (Lipinski definition) is 0. The number of carbonyl (C=O) groups excluding carboxylic acids is 2. The fourth-order valence-electron chi connectivity index (χ4n) is 5.32. The summed E-state index contributed by atoms with van der Waals surface area (Å²) in [6, 6.07) is 30.1. The Morgan fingerprint density at radius 2 is 1.71 bits per heavy atom. The van der Waals surface area contributed by atoms with Crippen LogP contribution in [0.2, 0.25) is 0 Å². The van der Waals surface area contributed by atoms with Crippen LogP contribution in [0.25, 0.3) is 11.1 Å². The quantitative estimate of drug-likeness (QED) is 0.156. The topological polar surface area (TPSA) is 74.3 Å². The highest BCUT2D eigenvalue weighted by Crippen LogP contribution is 2.48. The number of nitrogens with zero attached hydrogens (tertiary/aromatic N) is 1. The zero-order valence-electron chi connectivity index (χ0n) is 23.9. The molecule has 7 heteroatoms. The number of cyclic esters (lactones) is 1. The van der Waals surface area contributed by atoms with Crippen molar-refractivity contribution >= 4 is 12.4 Å². The van der Waals surface area contributed by atoms with Crippen LogP contribution in [0.3, 0.4) is 0 Å². The van der Waals surface area contributed by atoms with Gasteiger partial charge in [0.1, 0.15) is 36.7 Å². The molecule has 0 aliphatic carbocycles. The summed E-state index contributed by atoms with van der Waals surface area (Å²) in [6.45, 7) is 3.13. The third-order valence-electron chi connectivity index (χ3n) is 7.30. The Morgan fingerprint density at radius 3 is 2.43 bits per heavy atom. The lowest BCUT2D eigenvalue weighted by molar-refractivity contribution is -0.108. The molecule has 1 fully saturated rings. The fraction of sp³-hybridized carbons (Fsp3) is 0.257. The van der Waals surface area contributed by atoms with Crippen molar-refractivity contribution < 1.29 is 28.5 Å². The maximum Gasteiger partial charge on any atom is 0.411 e. The van der Waals surface area contributed by atoms with Crippen LogP contribution in [0.15, 0.2) is 97.1 Å². The van der Waals surface area contributed by atoms with Crippen LogP contribution in [0.5, 0.6) is 17.2 Å². The highest BCUT2D eigenvalue weighted by molar-refractivity contribution is 5.81. The number of carbonyl (C=O) groups is 2. The molecule has 4 aromatic carbocycles. The van der Waals surface area contributed by atoms with E-state index in [4.69, 9.17) is 18.9 Å². The van der Waals surface area contributed by atoms with E-state index >= 15 is 0 Å². The molecule has 0 N–H and O–H groups in total. The van der Waals surface area contributed by atoms with E-state index in [2.05, 4.69) is 6.92 Å². The maximum atomic E-state index is 13.3. The lowest BCUT2D eigenvalue weighted by Crippen LogP contribution is -2.33. The first-order chi connectivity index (χ1) is 20.6. The predicted octanol–water partition coefficient (Wildman–Crippen LogP) is 7.55. The number of rotatable bonds is 13. The Morgan fingerprint density at radius 1 is 0.952 bits per heavy atom. The van der Waals surface area contributed by atoms with Gasteiger partial charge in [-0.1, -0.05) is 79.7 Å². The molecular weight excluding hydrogens is 530 g/mol. The van der Waals surface area contributed by atoms with Gasteiger partial charge in [-0.05, 0) is 47.4 Å². The SMILES string of the molecule is CCCOc1cccc(-c2c(OC)ccc(C(CC=O)N3C(=O)OC[C@@H]3c3ccccc3)c2OCc2ccccc2)c1. The monoisotopic (exact) mass is 565 g/mol. The predicted molar refractivity (Wildman–Crippen MR) is 161 cm³/mol. The van der Waals surface area contributed by atoms with Gasteiger partial charge in [-0.25, -0.2) is 4.79 Å². The maximum absolute atomic E-state index is 13.3. The molecule has 1 unspecified atom stereocenters. The van der Waals surface area contributed by atoms with E-state index in [9.17, 15) is 9.59 Å². The second kappa shape index (κ2) is 13.7. The van der Waals surface area contributed by atoms with E-state index in [0.29, 0.717) is 29.2 Å². The molecule has 0 saturated carbocycles. The molecule has 216 valence electrons. The van der Waals surface area contributed by atoms with E-state index in [-0.39, 0.29) is 25.7 Å². The molecule has 0 aromatic heterocycles. The number of aldehydes is 1. The van der Waals surface area contributed by atoms with Crippen LogP contribution in [0.4, 0.5) is 4.79 Å². The van der Waals surface area contributed by atoms with Gasteiger partial charge in [-0.15, -0.1) is 0 Å². The highest BCUT2D eigenvalue weighted by atomic mass is 16.6. The second-order valence-electron chi connectivity index (χ2n) is 10.0. The van der Waals surface area contributed by atoms with E-state index < -0.39 is 12.1 Å². The molecule has 0 radical (unpaired) electrons. The van der Waals surface area contributed by atoms with E-state index in [0.717, 1.165) is 35.1 Å². The van der Waals surface area contributed by atoms with Crippen LogP contribution in [0, 0.1) is 0 Å². The Bertz CT molecular complexity index is 1490. The minimum Gasteiger partial charge on any atom is -0.496 e. The van der Waals surface area contributed by atoms with Crippen LogP contribution < -0.4 is 14.2 Å². The average Bonchev–Trinajstić information content (AvgIpc) is 3.43. The number of benzene rings is 4. The largest absolute Gasteiger partial charge is 0.496 e. The van der Waals surface area contributed by atoms with Gasteiger partial charge in [0.25, 0.3) is 0 Å². The van der Waals surface area contributed by atoms with Crippen LogP contribution >= 0.6 is 0 Å². The molecule has 42 heavy (non-hydrogen) atoms. The Balaban J connectivity index is 1.67. The van der Waals surface area contributed by atoms with Gasteiger partial charge < -0.3 is 23.7 Å². The minimum atomic E-state index is -0.641. The van der Waals surface area contributed by atoms with E-state index in [1.165, 1.54) is 0 Å². The fourth-order valence-corrected chi connectivity index (χ4v) is 5.32. The zero-order chi connectivity index (χ0) is 29.3. The van der Waals surface area contributed by atoms with Crippen molar-refractivity contribution in [2.75, 3.05) is 20.3 Å². The van der Waals surface area contributed by atoms with Crippen molar-refractivity contribution in [2.24, 2.45) is 0 Å². The number of hydrogen-bond acceptors (Lipinski definition) is 6. The van der Waals surface area contributed by atoms with Gasteiger partial charge in [0.15, 0.2) is 0 Å². The summed E-state index contributed by atoms with van der Waals surface area (Å²) in [5, 5.41) is 0. The lowest BCUT2D eigenvalue weighted by atomic mass is 9.93. The summed E-state index contributed by atoms with van der Waals surface area (Å²) in [5.41, 5.74) is 4.15. The number of amides is 1. The third-order valence-corrected chi connectivity index (χ3v) is 7.30. The molecule has 7 nitrogen and oxygen atoms in total. The number of methoxy groups -OCH3 is 1. The molecule has 0 bridgehead atoms. The van der Waals surface area contributed by atoms with Crippen molar-refractivity contribution in [1.29, 1.82) is 0 Å². The van der Waals surface area contributed by atoms with E-state index in [1.54, 1.807) is 12.0 Å². The third kappa shape index (κ3) is 6.25. The number of ether oxygens (including phenoxy) is 4. The first kappa shape index (κ1) is 28.7. The molecular formula is C35H35NO6. The van der Waals surface area contributed by atoms with E-state index in [1.807, 2.05) is 97.1 Å².